The standard InChI is InChI=1S/C18H16ClFN4O3S2/c19-15-6-2-1-5-14(15)16(25)22-17-23-24-18(28-17)29(26,27)21-11-3-4-12-7-9-13(20)10-8-12/h1-2,5-10,21H,3-4,11H2,(H,22,23,25). The average Bonchev–Trinajstić information content (AvgIpc) is 3.16. The highest BCUT2D eigenvalue weighted by Gasteiger charge is 2.21. The third-order valence-electron chi connectivity index (χ3n) is 3.82. The van der Waals surface area contributed by atoms with Crippen LogP contribution in [0.4, 0.5) is 9.52 Å². The number of hydrogen-bond acceptors (Lipinski definition) is 6. The molecule has 0 aliphatic heterocycles. The van der Waals surface area contributed by atoms with Crippen molar-refractivity contribution in [2.75, 3.05) is 11.9 Å². The van der Waals surface area contributed by atoms with Crippen LogP contribution in [0.15, 0.2) is 52.9 Å². The normalized spacial score (nSPS) is 11.4. The van der Waals surface area contributed by atoms with E-state index < -0.39 is 15.9 Å². The summed E-state index contributed by atoms with van der Waals surface area (Å²) in [6, 6.07) is 12.5. The number of sulfonamides is 1. The number of rotatable bonds is 8. The van der Waals surface area contributed by atoms with Crippen molar-refractivity contribution in [3.8, 4) is 0 Å². The molecule has 1 heterocycles. The average molecular weight is 455 g/mol. The molecule has 0 aliphatic rings. The predicted molar refractivity (Wildman–Crippen MR) is 109 cm³/mol. The van der Waals surface area contributed by atoms with Crippen LogP contribution in [0, 0.1) is 5.82 Å². The molecule has 3 rings (SSSR count). The molecular weight excluding hydrogens is 439 g/mol. The van der Waals surface area contributed by atoms with E-state index in [1.54, 1.807) is 36.4 Å². The highest BCUT2D eigenvalue weighted by molar-refractivity contribution is 7.91. The Labute approximate surface area is 176 Å². The zero-order chi connectivity index (χ0) is 20.9. The monoisotopic (exact) mass is 454 g/mol. The van der Waals surface area contributed by atoms with Crippen molar-refractivity contribution < 1.29 is 17.6 Å². The van der Waals surface area contributed by atoms with Crippen molar-refractivity contribution in [3.63, 3.8) is 0 Å². The number of anilines is 1. The van der Waals surface area contributed by atoms with Gasteiger partial charge < -0.3 is 0 Å². The van der Waals surface area contributed by atoms with E-state index in [9.17, 15) is 17.6 Å². The van der Waals surface area contributed by atoms with Crippen molar-refractivity contribution in [2.24, 2.45) is 0 Å². The number of halogens is 2. The second-order valence-electron chi connectivity index (χ2n) is 5.93. The first-order valence-electron chi connectivity index (χ1n) is 8.48. The van der Waals surface area contributed by atoms with E-state index in [2.05, 4.69) is 20.2 Å². The van der Waals surface area contributed by atoms with Gasteiger partial charge in [0.25, 0.3) is 15.9 Å². The van der Waals surface area contributed by atoms with Crippen LogP contribution < -0.4 is 10.0 Å². The van der Waals surface area contributed by atoms with Crippen molar-refractivity contribution in [1.82, 2.24) is 14.9 Å². The smallest absolute Gasteiger partial charge is 0.269 e. The molecule has 0 bridgehead atoms. The van der Waals surface area contributed by atoms with Gasteiger partial charge in [0.05, 0.1) is 10.6 Å². The molecule has 0 saturated heterocycles. The lowest BCUT2D eigenvalue weighted by molar-refractivity contribution is 0.102. The van der Waals surface area contributed by atoms with Gasteiger partial charge >= 0.3 is 0 Å². The minimum Gasteiger partial charge on any atom is -0.296 e. The second-order valence-corrected chi connectivity index (χ2v) is 9.26. The van der Waals surface area contributed by atoms with Crippen LogP contribution in [0.5, 0.6) is 0 Å². The Morgan fingerprint density at radius 1 is 1.10 bits per heavy atom. The Kier molecular flexibility index (Phi) is 6.91. The molecule has 3 aromatic rings. The minimum atomic E-state index is -3.85. The fourth-order valence-corrected chi connectivity index (χ4v) is 4.62. The predicted octanol–water partition coefficient (Wildman–Crippen LogP) is 3.49. The summed E-state index contributed by atoms with van der Waals surface area (Å²) in [6.45, 7) is 0.181. The maximum Gasteiger partial charge on any atom is 0.269 e. The van der Waals surface area contributed by atoms with E-state index in [4.69, 9.17) is 11.6 Å². The second kappa shape index (κ2) is 9.40. The van der Waals surface area contributed by atoms with E-state index in [-0.39, 0.29) is 32.4 Å². The first kappa shape index (κ1) is 21.3. The Morgan fingerprint density at radius 3 is 2.55 bits per heavy atom. The molecule has 11 heteroatoms. The fourth-order valence-electron chi connectivity index (χ4n) is 2.39. The summed E-state index contributed by atoms with van der Waals surface area (Å²) in [6.07, 6.45) is 1.12. The highest BCUT2D eigenvalue weighted by Crippen LogP contribution is 2.22. The summed E-state index contributed by atoms with van der Waals surface area (Å²) < 4.78 is 39.7. The largest absolute Gasteiger partial charge is 0.296 e. The molecule has 0 radical (unpaired) electrons. The topological polar surface area (TPSA) is 101 Å². The Bertz CT molecular complexity index is 1100. The number of carbonyl (C=O) groups excluding carboxylic acids is 1. The van der Waals surface area contributed by atoms with Crippen molar-refractivity contribution >= 4 is 44.0 Å². The summed E-state index contributed by atoms with van der Waals surface area (Å²) in [7, 11) is -3.85. The van der Waals surface area contributed by atoms with Gasteiger partial charge in [0.2, 0.25) is 9.47 Å². The maximum atomic E-state index is 12.9. The van der Waals surface area contributed by atoms with Crippen LogP contribution in [0.2, 0.25) is 5.02 Å². The number of amides is 1. The lowest BCUT2D eigenvalue weighted by atomic mass is 10.1. The van der Waals surface area contributed by atoms with Gasteiger partial charge in [0.1, 0.15) is 5.82 Å². The number of hydrogen-bond donors (Lipinski definition) is 2. The first-order chi connectivity index (χ1) is 13.8. The Morgan fingerprint density at radius 2 is 1.83 bits per heavy atom. The molecule has 0 saturated carbocycles. The van der Waals surface area contributed by atoms with Gasteiger partial charge in [-0.15, -0.1) is 10.2 Å². The minimum absolute atomic E-state index is 0.0432. The van der Waals surface area contributed by atoms with Gasteiger partial charge in [-0.1, -0.05) is 47.2 Å². The first-order valence-corrected chi connectivity index (χ1v) is 11.2. The van der Waals surface area contributed by atoms with E-state index >= 15 is 0 Å². The summed E-state index contributed by atoms with van der Waals surface area (Å²) in [5.41, 5.74) is 1.15. The van der Waals surface area contributed by atoms with E-state index in [0.29, 0.717) is 12.8 Å². The number of aryl methyl sites for hydroxylation is 1. The van der Waals surface area contributed by atoms with Crippen LogP contribution in [0.3, 0.4) is 0 Å². The molecule has 0 unspecified atom stereocenters. The van der Waals surface area contributed by atoms with Gasteiger partial charge in [0.15, 0.2) is 0 Å². The summed E-state index contributed by atoms with van der Waals surface area (Å²) in [5.74, 6) is -0.828. The molecule has 29 heavy (non-hydrogen) atoms. The molecule has 0 fully saturated rings. The number of aromatic nitrogens is 2. The molecule has 0 aliphatic carbocycles. The molecule has 152 valence electrons. The molecule has 7 nitrogen and oxygen atoms in total. The molecule has 1 aromatic heterocycles. The fraction of sp³-hybridized carbons (Fsp3) is 0.167. The Hall–Kier alpha value is -2.40. The Balaban J connectivity index is 1.55. The summed E-state index contributed by atoms with van der Waals surface area (Å²) >= 11 is 6.70. The molecule has 0 spiro atoms. The van der Waals surface area contributed by atoms with Crippen LogP contribution in [-0.4, -0.2) is 31.1 Å². The lowest BCUT2D eigenvalue weighted by Gasteiger charge is -2.04. The van der Waals surface area contributed by atoms with Gasteiger partial charge in [-0.3, -0.25) is 10.1 Å². The maximum absolute atomic E-state index is 12.9. The molecule has 2 aromatic carbocycles. The summed E-state index contributed by atoms with van der Waals surface area (Å²) in [4.78, 5) is 12.2. The number of carbonyl (C=O) groups is 1. The van der Waals surface area contributed by atoms with Crippen molar-refractivity contribution in [3.05, 3.63) is 70.5 Å². The third-order valence-corrected chi connectivity index (χ3v) is 6.82. The molecule has 1 amide bonds. The van der Waals surface area contributed by atoms with Crippen LogP contribution >= 0.6 is 22.9 Å². The van der Waals surface area contributed by atoms with E-state index in [1.807, 2.05) is 0 Å². The van der Waals surface area contributed by atoms with Gasteiger partial charge in [-0.2, -0.15) is 0 Å². The van der Waals surface area contributed by atoms with Gasteiger partial charge in [0, 0.05) is 6.54 Å². The molecular formula is C18H16ClFN4O3S2. The number of nitrogens with one attached hydrogen (secondary N) is 2. The van der Waals surface area contributed by atoms with Crippen molar-refractivity contribution in [2.45, 2.75) is 17.2 Å². The van der Waals surface area contributed by atoms with Crippen LogP contribution in [0.1, 0.15) is 22.3 Å². The zero-order valence-electron chi connectivity index (χ0n) is 14.9. The van der Waals surface area contributed by atoms with E-state index in [0.717, 1.165) is 16.9 Å². The summed E-state index contributed by atoms with van der Waals surface area (Å²) in [5, 5.41) is 10.1. The zero-order valence-corrected chi connectivity index (χ0v) is 17.3. The third kappa shape index (κ3) is 5.80. The van der Waals surface area contributed by atoms with Gasteiger partial charge in [-0.05, 0) is 42.7 Å². The van der Waals surface area contributed by atoms with Crippen LogP contribution in [-0.2, 0) is 16.4 Å². The van der Waals surface area contributed by atoms with Crippen LogP contribution in [0.25, 0.3) is 0 Å². The highest BCUT2D eigenvalue weighted by atomic mass is 35.5. The number of nitrogens with zero attached hydrogens (tertiary/aromatic N) is 2. The SMILES string of the molecule is O=C(Nc1nnc(S(=O)(=O)NCCCc2ccc(F)cc2)s1)c1ccccc1Cl. The lowest BCUT2D eigenvalue weighted by Crippen LogP contribution is -2.25. The number of benzene rings is 2. The van der Waals surface area contributed by atoms with E-state index in [1.165, 1.54) is 12.1 Å². The molecule has 2 N–H and O–H groups in total. The molecule has 0 atom stereocenters. The quantitative estimate of drug-likeness (QED) is 0.400. The van der Waals surface area contributed by atoms with Crippen molar-refractivity contribution in [1.29, 1.82) is 0 Å². The van der Waals surface area contributed by atoms with Gasteiger partial charge in [-0.25, -0.2) is 17.5 Å².